The second-order valence-electron chi connectivity index (χ2n) is 9.56. The summed E-state index contributed by atoms with van der Waals surface area (Å²) < 4.78 is 38.6. The highest BCUT2D eigenvalue weighted by atomic mass is 35.5. The number of rotatable bonds is 5. The Labute approximate surface area is 197 Å². The van der Waals surface area contributed by atoms with Gasteiger partial charge >= 0.3 is 12.1 Å². The molecule has 2 aromatic carbocycles. The van der Waals surface area contributed by atoms with Crippen LogP contribution in [0.25, 0.3) is 0 Å². The molecular weight excluding hydrogens is 453 g/mol. The smallest absolute Gasteiger partial charge is 0.380 e. The Hall–Kier alpha value is -2.54. The second-order valence-corrected chi connectivity index (χ2v) is 9.97. The summed E-state index contributed by atoms with van der Waals surface area (Å²) in [7, 11) is 0. The number of hydrogen-bond donors (Lipinski definition) is 1. The molecule has 1 aliphatic heterocycles. The van der Waals surface area contributed by atoms with Crippen molar-refractivity contribution in [3.63, 3.8) is 0 Å². The molecule has 1 heterocycles. The van der Waals surface area contributed by atoms with Crippen molar-refractivity contribution >= 4 is 29.0 Å². The standard InChI is InChI=1S/C25H28ClF3N2O2/c1-24(2,3)14-21(32)18-6-4-16(5-7-18)15-30-22-19-11-13-31(23(33)25(27,28)29)12-10-17(19)8-9-20(22)26/h4-9,30H,10-15H2,1-3H3. The number of amides is 1. The summed E-state index contributed by atoms with van der Waals surface area (Å²) in [6.45, 7) is 6.49. The van der Waals surface area contributed by atoms with Crippen molar-refractivity contribution in [1.82, 2.24) is 4.90 Å². The summed E-state index contributed by atoms with van der Waals surface area (Å²) >= 11 is 6.41. The normalized spacial score (nSPS) is 14.5. The third-order valence-corrected chi connectivity index (χ3v) is 5.92. The van der Waals surface area contributed by atoms with Crippen LogP contribution in [-0.2, 0) is 24.2 Å². The van der Waals surface area contributed by atoms with Crippen molar-refractivity contribution < 1.29 is 22.8 Å². The van der Waals surface area contributed by atoms with E-state index in [1.54, 1.807) is 24.3 Å². The molecule has 8 heteroatoms. The van der Waals surface area contributed by atoms with Crippen LogP contribution in [0.3, 0.4) is 0 Å². The van der Waals surface area contributed by atoms with E-state index in [-0.39, 0.29) is 30.7 Å². The first-order chi connectivity index (χ1) is 15.3. The van der Waals surface area contributed by atoms with E-state index in [1.807, 2.05) is 32.9 Å². The molecule has 0 unspecified atom stereocenters. The summed E-state index contributed by atoms with van der Waals surface area (Å²) in [5.74, 6) is -1.71. The molecule has 0 spiro atoms. The van der Waals surface area contributed by atoms with Crippen LogP contribution >= 0.6 is 11.6 Å². The Kier molecular flexibility index (Phi) is 7.42. The zero-order chi connectivity index (χ0) is 24.4. The number of carbonyl (C=O) groups excluding carboxylic acids is 2. The first-order valence-corrected chi connectivity index (χ1v) is 11.3. The number of nitrogens with one attached hydrogen (secondary N) is 1. The van der Waals surface area contributed by atoms with Crippen LogP contribution in [0.2, 0.25) is 5.02 Å². The third kappa shape index (κ3) is 6.50. The average Bonchev–Trinajstić information content (AvgIpc) is 2.93. The molecule has 1 amide bonds. The van der Waals surface area contributed by atoms with Gasteiger partial charge in [-0.15, -0.1) is 0 Å². The number of ketones is 1. The minimum atomic E-state index is -4.88. The van der Waals surface area contributed by atoms with Gasteiger partial charge in [-0.05, 0) is 41.0 Å². The summed E-state index contributed by atoms with van der Waals surface area (Å²) in [5, 5.41) is 3.78. The van der Waals surface area contributed by atoms with Gasteiger partial charge in [-0.1, -0.05) is 62.7 Å². The topological polar surface area (TPSA) is 49.4 Å². The van der Waals surface area contributed by atoms with Crippen molar-refractivity contribution in [2.45, 2.75) is 52.8 Å². The highest BCUT2D eigenvalue weighted by molar-refractivity contribution is 6.33. The summed E-state index contributed by atoms with van der Waals surface area (Å²) in [4.78, 5) is 24.9. The van der Waals surface area contributed by atoms with Crippen LogP contribution in [0.4, 0.5) is 18.9 Å². The quantitative estimate of drug-likeness (QED) is 0.529. The first-order valence-electron chi connectivity index (χ1n) is 10.9. The maximum atomic E-state index is 12.9. The number of fused-ring (bicyclic) bond motifs is 1. The number of benzene rings is 2. The molecule has 178 valence electrons. The van der Waals surface area contributed by atoms with Gasteiger partial charge in [0.15, 0.2) is 5.78 Å². The van der Waals surface area contributed by atoms with E-state index in [9.17, 15) is 22.8 Å². The molecule has 0 atom stereocenters. The average molecular weight is 481 g/mol. The number of anilines is 1. The van der Waals surface area contributed by atoms with Crippen LogP contribution in [0.15, 0.2) is 36.4 Å². The van der Waals surface area contributed by atoms with Gasteiger partial charge in [0.2, 0.25) is 0 Å². The number of halogens is 4. The van der Waals surface area contributed by atoms with E-state index < -0.39 is 12.1 Å². The Balaban J connectivity index is 1.71. The van der Waals surface area contributed by atoms with Crippen LogP contribution in [-0.4, -0.2) is 35.9 Å². The molecule has 4 nitrogen and oxygen atoms in total. The Morgan fingerprint density at radius 2 is 1.64 bits per heavy atom. The molecule has 0 aliphatic carbocycles. The summed E-state index contributed by atoms with van der Waals surface area (Å²) in [6.07, 6.45) is -3.81. The molecular formula is C25H28ClF3N2O2. The predicted octanol–water partition coefficient (Wildman–Crippen LogP) is 6.06. The monoisotopic (exact) mass is 480 g/mol. The second kappa shape index (κ2) is 9.75. The first kappa shape index (κ1) is 25.1. The number of hydrogen-bond acceptors (Lipinski definition) is 3. The van der Waals surface area contributed by atoms with Crippen LogP contribution in [0, 0.1) is 5.41 Å². The molecule has 3 rings (SSSR count). The van der Waals surface area contributed by atoms with Crippen molar-refractivity contribution in [1.29, 1.82) is 0 Å². The lowest BCUT2D eigenvalue weighted by molar-refractivity contribution is -0.185. The van der Waals surface area contributed by atoms with E-state index in [2.05, 4.69) is 5.32 Å². The van der Waals surface area contributed by atoms with Gasteiger partial charge in [-0.25, -0.2) is 0 Å². The Bertz CT molecular complexity index is 1030. The Morgan fingerprint density at radius 3 is 2.24 bits per heavy atom. The highest BCUT2D eigenvalue weighted by Crippen LogP contribution is 2.33. The lowest BCUT2D eigenvalue weighted by Gasteiger charge is -2.21. The lowest BCUT2D eigenvalue weighted by Crippen LogP contribution is -2.42. The lowest BCUT2D eigenvalue weighted by atomic mass is 9.88. The predicted molar refractivity (Wildman–Crippen MR) is 124 cm³/mol. The fourth-order valence-electron chi connectivity index (χ4n) is 3.95. The molecule has 0 aromatic heterocycles. The van der Waals surface area contributed by atoms with E-state index in [4.69, 9.17) is 11.6 Å². The van der Waals surface area contributed by atoms with Gasteiger partial charge in [0.05, 0.1) is 10.7 Å². The molecule has 2 aromatic rings. The zero-order valence-corrected chi connectivity index (χ0v) is 19.7. The number of alkyl halides is 3. The minimum absolute atomic E-state index is 0.0104. The highest BCUT2D eigenvalue weighted by Gasteiger charge is 2.42. The van der Waals surface area contributed by atoms with Crippen molar-refractivity contribution in [3.05, 3.63) is 63.7 Å². The molecule has 1 N–H and O–H groups in total. The van der Waals surface area contributed by atoms with Gasteiger partial charge in [-0.3, -0.25) is 9.59 Å². The van der Waals surface area contributed by atoms with Gasteiger partial charge < -0.3 is 10.2 Å². The SMILES string of the molecule is CC(C)(C)CC(=O)c1ccc(CNc2c(Cl)ccc3c2CCN(C(=O)C(F)(F)F)CC3)cc1. The van der Waals surface area contributed by atoms with Gasteiger partial charge in [-0.2, -0.15) is 13.2 Å². The Morgan fingerprint density at radius 1 is 1.00 bits per heavy atom. The van der Waals surface area contributed by atoms with E-state index in [1.165, 1.54) is 0 Å². The maximum absolute atomic E-state index is 12.9. The molecule has 33 heavy (non-hydrogen) atoms. The zero-order valence-electron chi connectivity index (χ0n) is 19.0. The third-order valence-electron chi connectivity index (χ3n) is 5.61. The summed E-state index contributed by atoms with van der Waals surface area (Å²) in [5.41, 5.74) is 3.90. The molecule has 0 saturated heterocycles. The van der Waals surface area contributed by atoms with Gasteiger partial charge in [0, 0.05) is 31.6 Å². The largest absolute Gasteiger partial charge is 0.471 e. The molecule has 1 aliphatic rings. The minimum Gasteiger partial charge on any atom is -0.380 e. The van der Waals surface area contributed by atoms with E-state index in [0.29, 0.717) is 35.7 Å². The molecule has 0 fully saturated rings. The van der Waals surface area contributed by atoms with Gasteiger partial charge in [0.25, 0.3) is 0 Å². The van der Waals surface area contributed by atoms with E-state index in [0.717, 1.165) is 21.6 Å². The van der Waals surface area contributed by atoms with Crippen molar-refractivity contribution in [3.8, 4) is 0 Å². The number of nitrogens with zero attached hydrogens (tertiary/aromatic N) is 1. The van der Waals surface area contributed by atoms with Gasteiger partial charge in [0.1, 0.15) is 0 Å². The van der Waals surface area contributed by atoms with Crippen LogP contribution in [0.5, 0.6) is 0 Å². The molecule has 0 bridgehead atoms. The van der Waals surface area contributed by atoms with Crippen LogP contribution < -0.4 is 5.32 Å². The van der Waals surface area contributed by atoms with Crippen molar-refractivity contribution in [2.24, 2.45) is 5.41 Å². The summed E-state index contributed by atoms with van der Waals surface area (Å²) in [6, 6.07) is 10.9. The number of Topliss-reactive ketones (excluding diaryl/α,β-unsaturated/α-hetero) is 1. The fraction of sp³-hybridized carbons (Fsp3) is 0.440. The number of carbonyl (C=O) groups is 2. The molecule has 0 radical (unpaired) electrons. The van der Waals surface area contributed by atoms with Crippen molar-refractivity contribution in [2.75, 3.05) is 18.4 Å². The fourth-order valence-corrected chi connectivity index (χ4v) is 4.20. The maximum Gasteiger partial charge on any atom is 0.471 e. The molecule has 0 saturated carbocycles. The van der Waals surface area contributed by atoms with Crippen LogP contribution in [0.1, 0.15) is 54.2 Å². The van der Waals surface area contributed by atoms with E-state index >= 15 is 0 Å².